The van der Waals surface area contributed by atoms with Gasteiger partial charge in [-0.2, -0.15) is 10.1 Å². The monoisotopic (exact) mass is 359 g/mol. The third-order valence-electron chi connectivity index (χ3n) is 4.53. The zero-order valence-corrected chi connectivity index (χ0v) is 14.6. The molecule has 0 bridgehead atoms. The Morgan fingerprint density at radius 3 is 3.00 bits per heavy atom. The molecule has 4 heterocycles. The number of piperidine rings is 1. The molecule has 2 aromatic heterocycles. The van der Waals surface area contributed by atoms with Crippen molar-refractivity contribution in [2.24, 2.45) is 0 Å². The Balaban J connectivity index is 1.44. The van der Waals surface area contributed by atoms with E-state index in [1.807, 2.05) is 0 Å². The van der Waals surface area contributed by atoms with E-state index >= 15 is 0 Å². The van der Waals surface area contributed by atoms with Crippen LogP contribution in [-0.4, -0.2) is 63.5 Å². The molecule has 2 aliphatic rings. The van der Waals surface area contributed by atoms with Gasteiger partial charge in [0.05, 0.1) is 38.9 Å². The lowest BCUT2D eigenvalue weighted by atomic mass is 10.1. The molecule has 0 N–H and O–H groups in total. The van der Waals surface area contributed by atoms with E-state index in [0.717, 1.165) is 25.8 Å². The molecule has 1 amide bonds. The van der Waals surface area contributed by atoms with Gasteiger partial charge >= 0.3 is 0 Å². The van der Waals surface area contributed by atoms with Gasteiger partial charge in [0.15, 0.2) is 0 Å². The van der Waals surface area contributed by atoms with Crippen molar-refractivity contribution in [2.45, 2.75) is 31.9 Å². The van der Waals surface area contributed by atoms with Crippen LogP contribution in [0, 0.1) is 0 Å². The summed E-state index contributed by atoms with van der Waals surface area (Å²) in [5, 5.41) is 4.26. The fourth-order valence-electron chi connectivity index (χ4n) is 3.26. The van der Waals surface area contributed by atoms with E-state index in [0.29, 0.717) is 42.9 Å². The number of amides is 1. The average molecular weight is 359 g/mol. The lowest BCUT2D eigenvalue weighted by molar-refractivity contribution is 0.0520. The predicted molar refractivity (Wildman–Crippen MR) is 90.5 cm³/mol. The van der Waals surface area contributed by atoms with E-state index < -0.39 is 0 Å². The summed E-state index contributed by atoms with van der Waals surface area (Å²) in [7, 11) is 1.53. The van der Waals surface area contributed by atoms with E-state index in [2.05, 4.69) is 15.1 Å². The van der Waals surface area contributed by atoms with E-state index in [1.165, 1.54) is 13.3 Å². The fraction of sp³-hybridized carbons (Fsp3) is 0.529. The zero-order chi connectivity index (χ0) is 17.9. The van der Waals surface area contributed by atoms with Crippen molar-refractivity contribution in [3.05, 3.63) is 24.2 Å². The van der Waals surface area contributed by atoms with E-state index in [-0.39, 0.29) is 12.0 Å². The molecule has 9 nitrogen and oxygen atoms in total. The molecule has 0 saturated carbocycles. The minimum Gasteiger partial charge on any atom is -0.480 e. The highest BCUT2D eigenvalue weighted by Crippen LogP contribution is 2.26. The molecule has 0 radical (unpaired) electrons. The van der Waals surface area contributed by atoms with Crippen LogP contribution < -0.4 is 14.2 Å². The van der Waals surface area contributed by atoms with Crippen molar-refractivity contribution in [3.63, 3.8) is 0 Å². The van der Waals surface area contributed by atoms with Gasteiger partial charge in [-0.1, -0.05) is 0 Å². The molecule has 26 heavy (non-hydrogen) atoms. The van der Waals surface area contributed by atoms with Crippen LogP contribution in [0.1, 0.15) is 29.6 Å². The first-order valence-electron chi connectivity index (χ1n) is 8.75. The molecule has 138 valence electrons. The van der Waals surface area contributed by atoms with Crippen LogP contribution in [0.15, 0.2) is 18.6 Å². The molecular formula is C17H21N5O4. The van der Waals surface area contributed by atoms with Crippen LogP contribution in [0.4, 0.5) is 0 Å². The minimum atomic E-state index is -0.138. The zero-order valence-electron chi connectivity index (χ0n) is 14.6. The van der Waals surface area contributed by atoms with E-state index in [9.17, 15) is 4.79 Å². The highest BCUT2D eigenvalue weighted by Gasteiger charge is 2.30. The average Bonchev–Trinajstić information content (AvgIpc) is 3.12. The van der Waals surface area contributed by atoms with Gasteiger partial charge in [0, 0.05) is 19.5 Å². The summed E-state index contributed by atoms with van der Waals surface area (Å²) in [5.41, 5.74) is 0.520. The summed E-state index contributed by atoms with van der Waals surface area (Å²) in [4.78, 5) is 23.0. The second-order valence-electron chi connectivity index (χ2n) is 6.32. The number of carbonyl (C=O) groups is 1. The molecule has 1 atom stereocenters. The maximum Gasteiger partial charge on any atom is 0.261 e. The van der Waals surface area contributed by atoms with Crippen molar-refractivity contribution in [3.8, 4) is 17.6 Å². The summed E-state index contributed by atoms with van der Waals surface area (Å²) in [5.74, 6) is 1.30. The van der Waals surface area contributed by atoms with Crippen LogP contribution in [0.2, 0.25) is 0 Å². The maximum absolute atomic E-state index is 12.9. The van der Waals surface area contributed by atoms with Gasteiger partial charge < -0.3 is 19.1 Å². The summed E-state index contributed by atoms with van der Waals surface area (Å²) >= 11 is 0. The standard InChI is InChI=1S/C17H21N5O4/c1-24-14-9-18-10-15(20-14)26-12-4-2-5-21(11-12)16(23)13-8-19-22-6-3-7-25-17(13)22/h8-10,12H,2-7,11H2,1H3. The van der Waals surface area contributed by atoms with Gasteiger partial charge in [0.2, 0.25) is 17.6 Å². The largest absolute Gasteiger partial charge is 0.480 e. The number of carbonyl (C=O) groups excluding carboxylic acids is 1. The smallest absolute Gasteiger partial charge is 0.261 e. The maximum atomic E-state index is 12.9. The number of hydrogen-bond acceptors (Lipinski definition) is 7. The number of rotatable bonds is 4. The molecule has 0 aliphatic carbocycles. The Bertz CT molecular complexity index is 793. The summed E-state index contributed by atoms with van der Waals surface area (Å²) in [6.07, 6.45) is 7.15. The van der Waals surface area contributed by atoms with Crippen LogP contribution in [0.3, 0.4) is 0 Å². The van der Waals surface area contributed by atoms with Crippen LogP contribution in [0.25, 0.3) is 0 Å². The summed E-state index contributed by atoms with van der Waals surface area (Å²) in [6.45, 7) is 2.57. The van der Waals surface area contributed by atoms with Gasteiger partial charge in [-0.05, 0) is 12.8 Å². The fourth-order valence-corrected chi connectivity index (χ4v) is 3.26. The lowest BCUT2D eigenvalue weighted by Gasteiger charge is -2.32. The van der Waals surface area contributed by atoms with Crippen LogP contribution in [-0.2, 0) is 6.54 Å². The van der Waals surface area contributed by atoms with Gasteiger partial charge in [-0.15, -0.1) is 0 Å². The third-order valence-corrected chi connectivity index (χ3v) is 4.53. The normalized spacial score (nSPS) is 19.4. The molecule has 9 heteroatoms. The van der Waals surface area contributed by atoms with Crippen molar-refractivity contribution in [2.75, 3.05) is 26.8 Å². The summed E-state index contributed by atoms with van der Waals surface area (Å²) in [6, 6.07) is 0. The SMILES string of the molecule is COc1cncc(OC2CCCN(C(=O)c3cnn4c3OCCC4)C2)n1. The molecular weight excluding hydrogens is 338 g/mol. The molecule has 4 rings (SSSR count). The number of hydrogen-bond donors (Lipinski definition) is 0. The van der Waals surface area contributed by atoms with E-state index in [4.69, 9.17) is 14.2 Å². The van der Waals surface area contributed by atoms with Gasteiger partial charge in [-0.25, -0.2) is 4.68 Å². The van der Waals surface area contributed by atoms with Crippen LogP contribution >= 0.6 is 0 Å². The molecule has 0 aromatic carbocycles. The molecule has 1 saturated heterocycles. The Kier molecular flexibility index (Phi) is 4.59. The molecule has 0 spiro atoms. The molecule has 2 aliphatic heterocycles. The van der Waals surface area contributed by atoms with Crippen LogP contribution in [0.5, 0.6) is 17.6 Å². The highest BCUT2D eigenvalue weighted by molar-refractivity contribution is 5.96. The number of methoxy groups -OCH3 is 1. The Hall–Kier alpha value is -2.84. The van der Waals surface area contributed by atoms with Crippen molar-refractivity contribution >= 4 is 5.91 Å². The van der Waals surface area contributed by atoms with Crippen molar-refractivity contribution < 1.29 is 19.0 Å². The van der Waals surface area contributed by atoms with Gasteiger partial charge in [0.1, 0.15) is 11.7 Å². The third kappa shape index (κ3) is 3.29. The van der Waals surface area contributed by atoms with Crippen molar-refractivity contribution in [1.82, 2.24) is 24.6 Å². The van der Waals surface area contributed by atoms with Crippen molar-refractivity contribution in [1.29, 1.82) is 0 Å². The van der Waals surface area contributed by atoms with Gasteiger partial charge in [0.25, 0.3) is 5.91 Å². The topological polar surface area (TPSA) is 91.6 Å². The number of ether oxygens (including phenoxy) is 3. The Morgan fingerprint density at radius 2 is 2.12 bits per heavy atom. The second kappa shape index (κ2) is 7.19. The molecule has 2 aromatic rings. The minimum absolute atomic E-state index is 0.0711. The number of fused-ring (bicyclic) bond motifs is 1. The first kappa shape index (κ1) is 16.6. The second-order valence-corrected chi connectivity index (χ2v) is 6.32. The Labute approximate surface area is 150 Å². The highest BCUT2D eigenvalue weighted by atomic mass is 16.5. The number of aryl methyl sites for hydroxylation is 1. The Morgan fingerprint density at radius 1 is 1.23 bits per heavy atom. The lowest BCUT2D eigenvalue weighted by Crippen LogP contribution is -2.44. The predicted octanol–water partition coefficient (Wildman–Crippen LogP) is 1.15. The van der Waals surface area contributed by atoms with Gasteiger partial charge in [-0.3, -0.25) is 9.78 Å². The first-order valence-corrected chi connectivity index (χ1v) is 8.75. The number of aromatic nitrogens is 4. The summed E-state index contributed by atoms with van der Waals surface area (Å²) < 4.78 is 18.4. The molecule has 1 unspecified atom stereocenters. The quantitative estimate of drug-likeness (QED) is 0.808. The molecule has 1 fully saturated rings. The van der Waals surface area contributed by atoms with E-state index in [1.54, 1.807) is 22.0 Å². The number of nitrogens with zero attached hydrogens (tertiary/aromatic N) is 5. The number of likely N-dealkylation sites (tertiary alicyclic amines) is 1. The first-order chi connectivity index (χ1) is 12.7.